The molecule has 0 radical (unpaired) electrons. The SMILES string of the molecule is CC(C)CSc1nnc(NC(=O)c2cccc(NS(C)(=O)=O)c2)s1. The third kappa shape index (κ3) is 6.10. The number of nitrogens with one attached hydrogen (secondary N) is 2. The molecule has 0 saturated carbocycles. The molecule has 2 rings (SSSR count). The van der Waals surface area contributed by atoms with E-state index in [0.717, 1.165) is 16.3 Å². The number of hydrogen-bond acceptors (Lipinski definition) is 7. The zero-order valence-electron chi connectivity index (χ0n) is 13.4. The van der Waals surface area contributed by atoms with Crippen LogP contribution >= 0.6 is 23.1 Å². The van der Waals surface area contributed by atoms with Crippen LogP contribution in [0.1, 0.15) is 24.2 Å². The van der Waals surface area contributed by atoms with Gasteiger partial charge in [-0.25, -0.2) is 8.42 Å². The number of sulfonamides is 1. The Hall–Kier alpha value is -1.65. The van der Waals surface area contributed by atoms with Gasteiger partial charge in [-0.1, -0.05) is 43.0 Å². The van der Waals surface area contributed by atoms with Crippen molar-refractivity contribution in [1.29, 1.82) is 0 Å². The van der Waals surface area contributed by atoms with Gasteiger partial charge in [0.2, 0.25) is 15.2 Å². The number of rotatable bonds is 7. The van der Waals surface area contributed by atoms with Crippen LogP contribution in [0.25, 0.3) is 0 Å². The van der Waals surface area contributed by atoms with E-state index >= 15 is 0 Å². The van der Waals surface area contributed by atoms with E-state index in [0.29, 0.717) is 22.3 Å². The zero-order valence-corrected chi connectivity index (χ0v) is 15.9. The first kappa shape index (κ1) is 18.7. The van der Waals surface area contributed by atoms with Gasteiger partial charge in [-0.15, -0.1) is 10.2 Å². The van der Waals surface area contributed by atoms with E-state index < -0.39 is 10.0 Å². The number of thioether (sulfide) groups is 1. The monoisotopic (exact) mass is 386 g/mol. The Morgan fingerprint density at radius 2 is 2.08 bits per heavy atom. The van der Waals surface area contributed by atoms with Crippen LogP contribution in [-0.4, -0.2) is 36.5 Å². The minimum absolute atomic E-state index is 0.329. The molecule has 0 spiro atoms. The van der Waals surface area contributed by atoms with E-state index in [1.54, 1.807) is 30.0 Å². The molecule has 0 unspecified atom stereocenters. The van der Waals surface area contributed by atoms with Gasteiger partial charge in [0.05, 0.1) is 6.26 Å². The van der Waals surface area contributed by atoms with Gasteiger partial charge >= 0.3 is 0 Å². The number of nitrogens with zero attached hydrogens (tertiary/aromatic N) is 2. The molecule has 0 aliphatic carbocycles. The molecule has 2 N–H and O–H groups in total. The number of carbonyl (C=O) groups excluding carboxylic acids is 1. The van der Waals surface area contributed by atoms with Crippen molar-refractivity contribution in [3.05, 3.63) is 29.8 Å². The Labute approximate surface area is 149 Å². The first-order valence-electron chi connectivity index (χ1n) is 7.08. The minimum atomic E-state index is -3.39. The van der Waals surface area contributed by atoms with Crippen LogP contribution in [0.2, 0.25) is 0 Å². The summed E-state index contributed by atoms with van der Waals surface area (Å²) in [6.45, 7) is 4.24. The second-order valence-corrected chi connectivity index (χ2v) is 9.48. The molecule has 0 saturated heterocycles. The van der Waals surface area contributed by atoms with E-state index in [1.165, 1.54) is 17.4 Å². The Kier molecular flexibility index (Phi) is 6.19. The molecule has 0 fully saturated rings. The number of benzene rings is 1. The topological polar surface area (TPSA) is 101 Å². The number of carbonyl (C=O) groups is 1. The van der Waals surface area contributed by atoms with Gasteiger partial charge in [-0.2, -0.15) is 0 Å². The molecule has 1 heterocycles. The summed E-state index contributed by atoms with van der Waals surface area (Å²) in [5.74, 6) is 1.10. The molecule has 1 aromatic carbocycles. The van der Waals surface area contributed by atoms with Crippen molar-refractivity contribution < 1.29 is 13.2 Å². The lowest BCUT2D eigenvalue weighted by atomic mass is 10.2. The van der Waals surface area contributed by atoms with Crippen molar-refractivity contribution in [3.63, 3.8) is 0 Å². The van der Waals surface area contributed by atoms with Gasteiger partial charge in [-0.3, -0.25) is 14.8 Å². The van der Waals surface area contributed by atoms with Crippen LogP contribution < -0.4 is 10.0 Å². The highest BCUT2D eigenvalue weighted by molar-refractivity contribution is 8.01. The molecular weight excluding hydrogens is 368 g/mol. The van der Waals surface area contributed by atoms with E-state index in [1.807, 2.05) is 0 Å². The molecule has 130 valence electrons. The van der Waals surface area contributed by atoms with Crippen molar-refractivity contribution in [2.75, 3.05) is 22.0 Å². The van der Waals surface area contributed by atoms with Crippen molar-refractivity contribution in [3.8, 4) is 0 Å². The largest absolute Gasteiger partial charge is 0.296 e. The highest BCUT2D eigenvalue weighted by Crippen LogP contribution is 2.27. The summed E-state index contributed by atoms with van der Waals surface area (Å²) in [6.07, 6.45) is 1.05. The highest BCUT2D eigenvalue weighted by Gasteiger charge is 2.12. The smallest absolute Gasteiger partial charge is 0.257 e. The predicted octanol–water partition coefficient (Wildman–Crippen LogP) is 2.91. The Bertz CT molecular complexity index is 818. The molecule has 10 heteroatoms. The zero-order chi connectivity index (χ0) is 17.7. The lowest BCUT2D eigenvalue weighted by Crippen LogP contribution is -2.13. The summed E-state index contributed by atoms with van der Waals surface area (Å²) in [4.78, 5) is 12.3. The Morgan fingerprint density at radius 1 is 1.33 bits per heavy atom. The van der Waals surface area contributed by atoms with Crippen LogP contribution in [0.5, 0.6) is 0 Å². The molecule has 1 amide bonds. The quantitative estimate of drug-likeness (QED) is 0.560. The number of aromatic nitrogens is 2. The minimum Gasteiger partial charge on any atom is -0.296 e. The predicted molar refractivity (Wildman–Crippen MR) is 98.3 cm³/mol. The van der Waals surface area contributed by atoms with Crippen molar-refractivity contribution in [1.82, 2.24) is 10.2 Å². The van der Waals surface area contributed by atoms with Crippen LogP contribution in [0.3, 0.4) is 0 Å². The third-order valence-electron chi connectivity index (χ3n) is 2.60. The van der Waals surface area contributed by atoms with Gasteiger partial charge in [0.1, 0.15) is 0 Å². The molecule has 0 aliphatic heterocycles. The lowest BCUT2D eigenvalue weighted by Gasteiger charge is -2.06. The van der Waals surface area contributed by atoms with Gasteiger partial charge in [0.25, 0.3) is 5.91 Å². The highest BCUT2D eigenvalue weighted by atomic mass is 32.2. The second-order valence-electron chi connectivity index (χ2n) is 5.49. The van der Waals surface area contributed by atoms with Crippen molar-refractivity contribution >= 4 is 49.8 Å². The molecule has 2 aromatic rings. The van der Waals surface area contributed by atoms with Crippen LogP contribution in [0.4, 0.5) is 10.8 Å². The Balaban J connectivity index is 2.03. The third-order valence-corrected chi connectivity index (χ3v) is 5.60. The van der Waals surface area contributed by atoms with Crippen LogP contribution in [0, 0.1) is 5.92 Å². The van der Waals surface area contributed by atoms with E-state index in [9.17, 15) is 13.2 Å². The van der Waals surface area contributed by atoms with Gasteiger partial charge in [0.15, 0.2) is 4.34 Å². The maximum atomic E-state index is 12.3. The molecule has 7 nitrogen and oxygen atoms in total. The normalized spacial score (nSPS) is 11.5. The van der Waals surface area contributed by atoms with Gasteiger partial charge in [0, 0.05) is 17.0 Å². The summed E-state index contributed by atoms with van der Waals surface area (Å²) in [7, 11) is -3.39. The summed E-state index contributed by atoms with van der Waals surface area (Å²) < 4.78 is 25.6. The van der Waals surface area contributed by atoms with Crippen molar-refractivity contribution in [2.45, 2.75) is 18.2 Å². The number of anilines is 2. The molecule has 1 aromatic heterocycles. The number of amides is 1. The molecular formula is C14H18N4O3S3. The lowest BCUT2D eigenvalue weighted by molar-refractivity contribution is 0.102. The number of hydrogen-bond donors (Lipinski definition) is 2. The first-order valence-corrected chi connectivity index (χ1v) is 10.8. The molecule has 0 atom stereocenters. The van der Waals surface area contributed by atoms with Crippen LogP contribution in [-0.2, 0) is 10.0 Å². The standard InChI is InChI=1S/C14H18N4O3S3/c1-9(2)8-22-14-17-16-13(23-14)15-12(19)10-5-4-6-11(7-10)18-24(3,20)21/h4-7,9,18H,8H2,1-3H3,(H,15,16,19). The average Bonchev–Trinajstić information content (AvgIpc) is 2.91. The summed E-state index contributed by atoms with van der Waals surface area (Å²) in [6, 6.07) is 6.24. The van der Waals surface area contributed by atoms with E-state index in [2.05, 4.69) is 34.1 Å². The van der Waals surface area contributed by atoms with E-state index in [-0.39, 0.29) is 5.91 Å². The maximum Gasteiger partial charge on any atom is 0.257 e. The van der Waals surface area contributed by atoms with Crippen molar-refractivity contribution in [2.24, 2.45) is 5.92 Å². The Morgan fingerprint density at radius 3 is 2.75 bits per heavy atom. The molecule has 0 aliphatic rings. The summed E-state index contributed by atoms with van der Waals surface area (Å²) >= 11 is 2.91. The molecule has 0 bridgehead atoms. The van der Waals surface area contributed by atoms with Gasteiger partial charge < -0.3 is 0 Å². The van der Waals surface area contributed by atoms with Gasteiger partial charge in [-0.05, 0) is 24.1 Å². The second kappa shape index (κ2) is 7.95. The first-order chi connectivity index (χ1) is 11.2. The van der Waals surface area contributed by atoms with E-state index in [4.69, 9.17) is 0 Å². The van der Waals surface area contributed by atoms with Crippen LogP contribution in [0.15, 0.2) is 28.6 Å². The summed E-state index contributed by atoms with van der Waals surface area (Å²) in [5, 5.41) is 11.1. The fourth-order valence-electron chi connectivity index (χ4n) is 1.66. The molecule has 24 heavy (non-hydrogen) atoms. The average molecular weight is 387 g/mol. The fourth-order valence-corrected chi connectivity index (χ4v) is 3.94. The maximum absolute atomic E-state index is 12.3. The summed E-state index contributed by atoms with van der Waals surface area (Å²) in [5.41, 5.74) is 0.658. The fraction of sp³-hybridized carbons (Fsp3) is 0.357.